The van der Waals surface area contributed by atoms with Crippen LogP contribution in [-0.2, 0) is 37.0 Å². The maximum Gasteiger partial charge on any atom is 0.408 e. The van der Waals surface area contributed by atoms with E-state index < -0.39 is 41.7 Å². The zero-order chi connectivity index (χ0) is 22.9. The fourth-order valence-electron chi connectivity index (χ4n) is 2.83. The van der Waals surface area contributed by atoms with Crippen LogP contribution in [0.2, 0.25) is 0 Å². The molecule has 2 aromatic rings. The molecule has 0 spiro atoms. The van der Waals surface area contributed by atoms with Crippen molar-refractivity contribution in [3.05, 3.63) is 71.8 Å². The molecule has 9 nitrogen and oxygen atoms in total. The first-order valence-electron chi connectivity index (χ1n) is 9.44. The number of benzene rings is 2. The van der Waals surface area contributed by atoms with E-state index in [1.807, 2.05) is 0 Å². The maximum absolute atomic E-state index is 13.0. The summed E-state index contributed by atoms with van der Waals surface area (Å²) in [5.41, 5.74) is -0.844. The molecule has 0 saturated carbocycles. The molecule has 0 heterocycles. The number of carbonyl (C=O) groups excluding carboxylic acids is 3. The normalized spacial score (nSPS) is 13.5. The van der Waals surface area contributed by atoms with Crippen LogP contribution in [-0.4, -0.2) is 40.4 Å². The quantitative estimate of drug-likeness (QED) is 0.363. The Kier molecular flexibility index (Phi) is 8.42. The van der Waals surface area contributed by atoms with Crippen LogP contribution in [0.5, 0.6) is 0 Å². The number of alkyl carbamates (subject to hydrolysis) is 1. The summed E-state index contributed by atoms with van der Waals surface area (Å²) in [6.07, 6.45) is -1.96. The van der Waals surface area contributed by atoms with Gasteiger partial charge in [-0.15, -0.1) is 0 Å². The van der Waals surface area contributed by atoms with Crippen molar-refractivity contribution in [1.29, 1.82) is 0 Å². The lowest BCUT2D eigenvalue weighted by molar-refractivity contribution is -0.159. The van der Waals surface area contributed by atoms with Crippen LogP contribution >= 0.6 is 0 Å². The molecule has 2 atom stereocenters. The van der Waals surface area contributed by atoms with E-state index in [1.165, 1.54) is 0 Å². The van der Waals surface area contributed by atoms with Crippen molar-refractivity contribution in [2.24, 2.45) is 5.90 Å². The summed E-state index contributed by atoms with van der Waals surface area (Å²) in [7, 11) is 0. The summed E-state index contributed by atoms with van der Waals surface area (Å²) >= 11 is 0. The summed E-state index contributed by atoms with van der Waals surface area (Å²) in [6.45, 7) is 1.06. The van der Waals surface area contributed by atoms with E-state index in [-0.39, 0.29) is 13.0 Å². The topological polar surface area (TPSA) is 145 Å². The van der Waals surface area contributed by atoms with Gasteiger partial charge in [-0.05, 0) is 18.1 Å². The standard InChI is InChI=1S/C22H24N2O7/c1-22(31-23,18(25)12-15-8-4-2-5-9-15)20(28)17(13-19(26)27)24-21(29)30-14-16-10-6-3-7-11-16/h2-11,17H,12-14,23H2,1H3,(H,24,29)(H,26,27). The van der Waals surface area contributed by atoms with E-state index in [0.717, 1.165) is 6.92 Å². The minimum absolute atomic E-state index is 0.0851. The summed E-state index contributed by atoms with van der Waals surface area (Å²) in [6, 6.07) is 15.8. The second-order valence-electron chi connectivity index (χ2n) is 6.96. The molecule has 0 aromatic heterocycles. The Labute approximate surface area is 179 Å². The van der Waals surface area contributed by atoms with Gasteiger partial charge in [0.2, 0.25) is 5.60 Å². The van der Waals surface area contributed by atoms with Gasteiger partial charge in [-0.25, -0.2) is 10.7 Å². The summed E-state index contributed by atoms with van der Waals surface area (Å²) in [4.78, 5) is 53.9. The van der Waals surface area contributed by atoms with Crippen molar-refractivity contribution in [2.75, 3.05) is 0 Å². The third-order valence-corrected chi connectivity index (χ3v) is 4.65. The number of ether oxygens (including phenoxy) is 1. The molecule has 4 N–H and O–H groups in total. The van der Waals surface area contributed by atoms with Crippen LogP contribution in [0.25, 0.3) is 0 Å². The largest absolute Gasteiger partial charge is 0.481 e. The first kappa shape index (κ1) is 23.7. The van der Waals surface area contributed by atoms with Crippen molar-refractivity contribution < 1.29 is 33.9 Å². The summed E-state index contributed by atoms with van der Waals surface area (Å²) < 4.78 is 5.04. The van der Waals surface area contributed by atoms with Gasteiger partial charge in [0.15, 0.2) is 11.6 Å². The minimum atomic E-state index is -2.16. The van der Waals surface area contributed by atoms with Crippen LogP contribution in [0.1, 0.15) is 24.5 Å². The lowest BCUT2D eigenvalue weighted by Crippen LogP contribution is -2.57. The molecule has 0 aliphatic heterocycles. The average Bonchev–Trinajstić information content (AvgIpc) is 2.77. The van der Waals surface area contributed by atoms with Crippen molar-refractivity contribution in [3.8, 4) is 0 Å². The van der Waals surface area contributed by atoms with Crippen molar-refractivity contribution in [1.82, 2.24) is 5.32 Å². The number of rotatable bonds is 11. The number of nitrogens with one attached hydrogen (secondary N) is 1. The maximum atomic E-state index is 13.0. The van der Waals surface area contributed by atoms with Crippen molar-refractivity contribution >= 4 is 23.6 Å². The van der Waals surface area contributed by atoms with Crippen LogP contribution in [0.4, 0.5) is 4.79 Å². The van der Waals surface area contributed by atoms with Gasteiger partial charge < -0.3 is 15.2 Å². The number of aliphatic carboxylic acids is 1. The molecule has 9 heteroatoms. The number of carboxylic acid groups (broad SMARTS) is 1. The highest BCUT2D eigenvalue weighted by Gasteiger charge is 2.46. The van der Waals surface area contributed by atoms with Crippen molar-refractivity contribution in [3.63, 3.8) is 0 Å². The molecule has 2 unspecified atom stereocenters. The molecule has 0 aliphatic rings. The third kappa shape index (κ3) is 6.73. The van der Waals surface area contributed by atoms with Gasteiger partial charge in [-0.2, -0.15) is 0 Å². The number of Topliss-reactive ketones (excluding diaryl/α,β-unsaturated/α-hetero) is 2. The molecule has 0 bridgehead atoms. The molecule has 0 aliphatic carbocycles. The number of carboxylic acids is 1. The van der Waals surface area contributed by atoms with Crippen LogP contribution in [0, 0.1) is 0 Å². The Balaban J connectivity index is 2.12. The van der Waals surface area contributed by atoms with Gasteiger partial charge in [-0.3, -0.25) is 19.2 Å². The second-order valence-corrected chi connectivity index (χ2v) is 6.96. The second kappa shape index (κ2) is 11.0. The molecule has 2 rings (SSSR count). The number of ketones is 2. The fourth-order valence-corrected chi connectivity index (χ4v) is 2.83. The first-order valence-corrected chi connectivity index (χ1v) is 9.44. The Hall–Kier alpha value is -3.56. The molecule has 164 valence electrons. The van der Waals surface area contributed by atoms with Gasteiger partial charge in [0, 0.05) is 6.42 Å². The number of nitrogens with two attached hydrogens (primary N) is 1. The predicted octanol–water partition coefficient (Wildman–Crippen LogP) is 1.79. The number of amides is 1. The molecule has 0 fully saturated rings. The summed E-state index contributed by atoms with van der Waals surface area (Å²) in [5, 5.41) is 11.4. The van der Waals surface area contributed by atoms with Crippen LogP contribution in [0.3, 0.4) is 0 Å². The lowest BCUT2D eigenvalue weighted by atomic mass is 9.86. The smallest absolute Gasteiger partial charge is 0.408 e. The van der Waals surface area contributed by atoms with Crippen LogP contribution < -0.4 is 11.2 Å². The molecular weight excluding hydrogens is 404 g/mol. The van der Waals surface area contributed by atoms with Gasteiger partial charge in [0.1, 0.15) is 12.6 Å². The highest BCUT2D eigenvalue weighted by atomic mass is 16.6. The van der Waals surface area contributed by atoms with Crippen LogP contribution in [0.15, 0.2) is 60.7 Å². The molecule has 0 radical (unpaired) electrons. The predicted molar refractivity (Wildman–Crippen MR) is 110 cm³/mol. The zero-order valence-corrected chi connectivity index (χ0v) is 16.9. The highest BCUT2D eigenvalue weighted by molar-refractivity contribution is 6.13. The molecule has 2 aromatic carbocycles. The SMILES string of the molecule is CC(ON)(C(=O)Cc1ccccc1)C(=O)C(CC(=O)O)NC(=O)OCc1ccccc1. The van der Waals surface area contributed by atoms with E-state index in [0.29, 0.717) is 11.1 Å². The van der Waals surface area contributed by atoms with E-state index >= 15 is 0 Å². The van der Waals surface area contributed by atoms with Gasteiger partial charge in [-0.1, -0.05) is 60.7 Å². The Bertz CT molecular complexity index is 918. The average molecular weight is 428 g/mol. The Morgan fingerprint density at radius 3 is 2.06 bits per heavy atom. The highest BCUT2D eigenvalue weighted by Crippen LogP contribution is 2.19. The van der Waals surface area contributed by atoms with Gasteiger partial charge in [0.25, 0.3) is 0 Å². The van der Waals surface area contributed by atoms with E-state index in [9.17, 15) is 19.2 Å². The Morgan fingerprint density at radius 1 is 1.00 bits per heavy atom. The molecule has 1 amide bonds. The lowest BCUT2D eigenvalue weighted by Gasteiger charge is -2.28. The van der Waals surface area contributed by atoms with Gasteiger partial charge >= 0.3 is 12.1 Å². The fraction of sp³-hybridized carbons (Fsp3) is 0.273. The van der Waals surface area contributed by atoms with E-state index in [2.05, 4.69) is 5.32 Å². The number of carbonyl (C=O) groups is 4. The minimum Gasteiger partial charge on any atom is -0.481 e. The van der Waals surface area contributed by atoms with Gasteiger partial charge in [0.05, 0.1) is 6.42 Å². The molecule has 31 heavy (non-hydrogen) atoms. The summed E-state index contributed by atoms with van der Waals surface area (Å²) in [5.74, 6) is 2.23. The number of hydrogen-bond donors (Lipinski definition) is 3. The monoisotopic (exact) mass is 428 g/mol. The van der Waals surface area contributed by atoms with E-state index in [4.69, 9.17) is 20.6 Å². The molecule has 0 saturated heterocycles. The first-order chi connectivity index (χ1) is 14.8. The van der Waals surface area contributed by atoms with Crippen molar-refractivity contribution in [2.45, 2.75) is 38.0 Å². The number of hydrogen-bond acceptors (Lipinski definition) is 7. The Morgan fingerprint density at radius 2 is 1.55 bits per heavy atom. The third-order valence-electron chi connectivity index (χ3n) is 4.65. The molecular formula is C22H24N2O7. The zero-order valence-electron chi connectivity index (χ0n) is 16.9. The van der Waals surface area contributed by atoms with E-state index in [1.54, 1.807) is 60.7 Å².